The van der Waals surface area contributed by atoms with Crippen molar-refractivity contribution in [1.82, 2.24) is 9.55 Å². The number of hydrogen-bond donors (Lipinski definition) is 0. The summed E-state index contributed by atoms with van der Waals surface area (Å²) in [5.74, 6) is 0.0354. The minimum atomic E-state index is -0.337. The fourth-order valence-corrected chi connectivity index (χ4v) is 4.22. The van der Waals surface area contributed by atoms with E-state index in [1.807, 2.05) is 57.2 Å². The van der Waals surface area contributed by atoms with Crippen LogP contribution < -0.4 is 5.56 Å². The molecule has 140 valence electrons. The van der Waals surface area contributed by atoms with Crippen LogP contribution in [0.3, 0.4) is 0 Å². The molecule has 0 unspecified atom stereocenters. The Hall–Kier alpha value is -1.92. The molecular weight excluding hydrogens is 424 g/mol. The number of fused-ring (bicyclic) bond motifs is 1. The Morgan fingerprint density at radius 2 is 1.93 bits per heavy atom. The number of rotatable bonds is 6. The number of carbonyl (C=O) groups is 1. The van der Waals surface area contributed by atoms with E-state index in [-0.39, 0.29) is 16.6 Å². The van der Waals surface area contributed by atoms with Gasteiger partial charge >= 0.3 is 0 Å². The Morgan fingerprint density at radius 3 is 2.59 bits per heavy atom. The lowest BCUT2D eigenvalue weighted by molar-refractivity contribution is 0.0994. The van der Waals surface area contributed by atoms with Crippen LogP contribution in [0.1, 0.15) is 36.2 Å². The summed E-state index contributed by atoms with van der Waals surface area (Å²) in [5.41, 5.74) is 2.37. The van der Waals surface area contributed by atoms with E-state index in [1.54, 1.807) is 10.6 Å². The van der Waals surface area contributed by atoms with Gasteiger partial charge in [0.05, 0.1) is 16.2 Å². The lowest BCUT2D eigenvalue weighted by Gasteiger charge is -2.15. The van der Waals surface area contributed by atoms with Crippen LogP contribution in [-0.4, -0.2) is 20.6 Å². The standard InChI is InChI=1S/C21H21BrN2O2S/c1-4-11-24-20(26)17-12-16(22)9-10-18(17)23-21(24)27-14(3)19(25)15-7-5-13(2)6-8-15/h5-10,12,14H,4,11H2,1-3H3/t14-/m0/s1. The maximum atomic E-state index is 13.0. The largest absolute Gasteiger partial charge is 0.293 e. The van der Waals surface area contributed by atoms with Gasteiger partial charge in [0.1, 0.15) is 0 Å². The lowest BCUT2D eigenvalue weighted by Crippen LogP contribution is -2.25. The highest BCUT2D eigenvalue weighted by Crippen LogP contribution is 2.26. The number of hydrogen-bond acceptors (Lipinski definition) is 4. The molecule has 6 heteroatoms. The van der Waals surface area contributed by atoms with E-state index >= 15 is 0 Å². The van der Waals surface area contributed by atoms with Gasteiger partial charge in [-0.25, -0.2) is 4.98 Å². The Balaban J connectivity index is 1.98. The van der Waals surface area contributed by atoms with Crippen LogP contribution >= 0.6 is 27.7 Å². The number of nitrogens with zero attached hydrogens (tertiary/aromatic N) is 2. The van der Waals surface area contributed by atoms with Gasteiger partial charge in [0.15, 0.2) is 10.9 Å². The average Bonchev–Trinajstić information content (AvgIpc) is 2.65. The molecule has 0 spiro atoms. The van der Waals surface area contributed by atoms with E-state index < -0.39 is 0 Å². The average molecular weight is 445 g/mol. The molecule has 0 saturated heterocycles. The van der Waals surface area contributed by atoms with Crippen molar-refractivity contribution in [2.24, 2.45) is 0 Å². The molecule has 1 atom stereocenters. The summed E-state index contributed by atoms with van der Waals surface area (Å²) in [5, 5.41) is 0.833. The number of aryl methyl sites for hydroxylation is 1. The summed E-state index contributed by atoms with van der Waals surface area (Å²) in [6.07, 6.45) is 0.814. The molecule has 0 radical (unpaired) electrons. The predicted molar refractivity (Wildman–Crippen MR) is 115 cm³/mol. The Morgan fingerprint density at radius 1 is 1.22 bits per heavy atom. The molecule has 2 aromatic carbocycles. The summed E-state index contributed by atoms with van der Waals surface area (Å²) in [6.45, 7) is 6.45. The molecule has 0 aliphatic heterocycles. The van der Waals surface area contributed by atoms with Crippen LogP contribution in [0, 0.1) is 6.92 Å². The first-order chi connectivity index (χ1) is 12.9. The second kappa shape index (κ2) is 8.40. The molecule has 3 rings (SSSR count). The molecule has 4 nitrogen and oxygen atoms in total. The molecule has 1 heterocycles. The van der Waals surface area contributed by atoms with Crippen molar-refractivity contribution in [3.8, 4) is 0 Å². The fraction of sp³-hybridized carbons (Fsp3) is 0.286. The highest BCUT2D eigenvalue weighted by Gasteiger charge is 2.20. The second-order valence-corrected chi connectivity index (χ2v) is 8.73. The zero-order valence-corrected chi connectivity index (χ0v) is 17.9. The summed E-state index contributed by atoms with van der Waals surface area (Å²) >= 11 is 4.75. The van der Waals surface area contributed by atoms with E-state index in [0.29, 0.717) is 28.2 Å². The third-order valence-electron chi connectivity index (χ3n) is 4.32. The molecular formula is C21H21BrN2O2S. The number of ketones is 1. The van der Waals surface area contributed by atoms with Crippen LogP contribution in [0.4, 0.5) is 0 Å². The zero-order chi connectivity index (χ0) is 19.6. The number of benzene rings is 2. The summed E-state index contributed by atoms with van der Waals surface area (Å²) in [4.78, 5) is 30.4. The smallest absolute Gasteiger partial charge is 0.262 e. The molecule has 0 N–H and O–H groups in total. The van der Waals surface area contributed by atoms with Crippen molar-refractivity contribution in [2.45, 2.75) is 44.1 Å². The number of carbonyl (C=O) groups excluding carboxylic acids is 1. The Bertz CT molecular complexity index is 1040. The van der Waals surface area contributed by atoms with Crippen molar-refractivity contribution >= 4 is 44.4 Å². The summed E-state index contributed by atoms with van der Waals surface area (Å²) in [7, 11) is 0. The number of halogens is 1. The third-order valence-corrected chi connectivity index (χ3v) is 5.90. The van der Waals surface area contributed by atoms with Gasteiger partial charge in [-0.3, -0.25) is 14.2 Å². The molecule has 3 aromatic rings. The number of Topliss-reactive ketones (excluding diaryl/α,β-unsaturated/α-hetero) is 1. The van der Waals surface area contributed by atoms with Crippen molar-refractivity contribution in [3.63, 3.8) is 0 Å². The number of thioether (sulfide) groups is 1. The highest BCUT2D eigenvalue weighted by atomic mass is 79.9. The summed E-state index contributed by atoms with van der Waals surface area (Å²) < 4.78 is 2.53. The highest BCUT2D eigenvalue weighted by molar-refractivity contribution is 9.10. The van der Waals surface area contributed by atoms with Gasteiger partial charge in [-0.1, -0.05) is 64.4 Å². The normalized spacial score (nSPS) is 12.3. The molecule has 0 amide bonds. The molecule has 0 aliphatic rings. The quantitative estimate of drug-likeness (QED) is 0.296. The van der Waals surface area contributed by atoms with E-state index in [9.17, 15) is 9.59 Å². The van der Waals surface area contributed by atoms with E-state index in [2.05, 4.69) is 20.9 Å². The maximum Gasteiger partial charge on any atom is 0.262 e. The Labute approximate surface area is 171 Å². The van der Waals surface area contributed by atoms with Gasteiger partial charge in [-0.05, 0) is 38.5 Å². The van der Waals surface area contributed by atoms with Crippen LogP contribution in [-0.2, 0) is 6.54 Å². The maximum absolute atomic E-state index is 13.0. The SMILES string of the molecule is CCCn1c(S[C@@H](C)C(=O)c2ccc(C)cc2)nc2ccc(Br)cc2c1=O. The van der Waals surface area contributed by atoms with Crippen molar-refractivity contribution in [3.05, 3.63) is 68.4 Å². The molecule has 0 bridgehead atoms. The van der Waals surface area contributed by atoms with Crippen LogP contribution in [0.5, 0.6) is 0 Å². The molecule has 0 saturated carbocycles. The first-order valence-corrected chi connectivity index (χ1v) is 10.6. The first kappa shape index (κ1) is 19.8. The Kier molecular flexibility index (Phi) is 6.17. The topological polar surface area (TPSA) is 52.0 Å². The van der Waals surface area contributed by atoms with Crippen molar-refractivity contribution < 1.29 is 4.79 Å². The van der Waals surface area contributed by atoms with E-state index in [4.69, 9.17) is 0 Å². The monoisotopic (exact) mass is 444 g/mol. The van der Waals surface area contributed by atoms with Crippen molar-refractivity contribution in [2.75, 3.05) is 0 Å². The van der Waals surface area contributed by atoms with Gasteiger partial charge in [-0.2, -0.15) is 0 Å². The lowest BCUT2D eigenvalue weighted by atomic mass is 10.1. The van der Waals surface area contributed by atoms with Crippen molar-refractivity contribution in [1.29, 1.82) is 0 Å². The molecule has 27 heavy (non-hydrogen) atoms. The molecule has 0 fully saturated rings. The predicted octanol–water partition coefficient (Wildman–Crippen LogP) is 5.24. The minimum absolute atomic E-state index is 0.0354. The number of aromatic nitrogens is 2. The van der Waals surface area contributed by atoms with Crippen LogP contribution in [0.2, 0.25) is 0 Å². The minimum Gasteiger partial charge on any atom is -0.293 e. The van der Waals surface area contributed by atoms with Gasteiger partial charge in [0.25, 0.3) is 5.56 Å². The van der Waals surface area contributed by atoms with Gasteiger partial charge < -0.3 is 0 Å². The second-order valence-electron chi connectivity index (χ2n) is 6.50. The van der Waals surface area contributed by atoms with Gasteiger partial charge in [0.2, 0.25) is 0 Å². The first-order valence-electron chi connectivity index (χ1n) is 8.88. The van der Waals surface area contributed by atoms with E-state index in [0.717, 1.165) is 16.5 Å². The van der Waals surface area contributed by atoms with Gasteiger partial charge in [0, 0.05) is 16.6 Å². The zero-order valence-electron chi connectivity index (χ0n) is 15.5. The van der Waals surface area contributed by atoms with Crippen LogP contribution in [0.25, 0.3) is 10.9 Å². The van der Waals surface area contributed by atoms with Gasteiger partial charge in [-0.15, -0.1) is 0 Å². The third kappa shape index (κ3) is 4.33. The summed E-state index contributed by atoms with van der Waals surface area (Å²) in [6, 6.07) is 13.1. The van der Waals surface area contributed by atoms with E-state index in [1.165, 1.54) is 11.8 Å². The van der Waals surface area contributed by atoms with Crippen LogP contribution in [0.15, 0.2) is 56.9 Å². The fourth-order valence-electron chi connectivity index (χ4n) is 2.85. The molecule has 1 aromatic heterocycles. The molecule has 0 aliphatic carbocycles.